The molecule has 0 aliphatic rings. The van der Waals surface area contributed by atoms with Gasteiger partial charge in [-0.05, 0) is 18.2 Å². The molecule has 7 heteroatoms. The fraction of sp³-hybridized carbons (Fsp3) is 0.200. The number of benzene rings is 1. The monoisotopic (exact) mass is 261 g/mol. The summed E-state index contributed by atoms with van der Waals surface area (Å²) in [7, 11) is 0. The molecule has 17 heavy (non-hydrogen) atoms. The highest BCUT2D eigenvalue weighted by molar-refractivity contribution is 6.30. The number of anilines is 1. The van der Waals surface area contributed by atoms with Gasteiger partial charge in [0.2, 0.25) is 5.91 Å². The zero-order chi connectivity index (χ0) is 12.8. The molecule has 92 valence electrons. The van der Waals surface area contributed by atoms with Crippen molar-refractivity contribution in [3.63, 3.8) is 0 Å². The third-order valence-corrected chi connectivity index (χ3v) is 1.90. The molecule has 0 heterocycles. The Balaban J connectivity index is 2.48. The Hall–Kier alpha value is -1.66. The Morgan fingerprint density at radius 3 is 2.71 bits per heavy atom. The smallest absolute Gasteiger partial charge is 0.329 e. The Morgan fingerprint density at radius 2 is 2.12 bits per heavy atom. The predicted octanol–water partition coefficient (Wildman–Crippen LogP) is 1.52. The maximum atomic E-state index is 13.2. The lowest BCUT2D eigenvalue weighted by Gasteiger charge is -2.06. The largest absolute Gasteiger partial charge is 0.480 e. The minimum atomic E-state index is -1.18. The van der Waals surface area contributed by atoms with Gasteiger partial charge < -0.3 is 15.2 Å². The second kappa shape index (κ2) is 6.17. The third-order valence-electron chi connectivity index (χ3n) is 1.66. The topological polar surface area (TPSA) is 75.6 Å². The van der Waals surface area contributed by atoms with Crippen molar-refractivity contribution in [2.45, 2.75) is 0 Å². The van der Waals surface area contributed by atoms with Gasteiger partial charge in [-0.15, -0.1) is 0 Å². The number of hydrogen-bond acceptors (Lipinski definition) is 3. The Morgan fingerprint density at radius 1 is 1.41 bits per heavy atom. The van der Waals surface area contributed by atoms with E-state index in [4.69, 9.17) is 16.7 Å². The predicted molar refractivity (Wildman–Crippen MR) is 58.5 cm³/mol. The summed E-state index contributed by atoms with van der Waals surface area (Å²) in [4.78, 5) is 21.3. The van der Waals surface area contributed by atoms with Gasteiger partial charge >= 0.3 is 5.97 Å². The van der Waals surface area contributed by atoms with Gasteiger partial charge in [-0.3, -0.25) is 4.79 Å². The third kappa shape index (κ3) is 4.80. The van der Waals surface area contributed by atoms with Crippen molar-refractivity contribution in [3.8, 4) is 0 Å². The summed E-state index contributed by atoms with van der Waals surface area (Å²) < 4.78 is 17.8. The summed E-state index contributed by atoms with van der Waals surface area (Å²) in [5, 5.41) is 10.7. The molecule has 0 atom stereocenters. The van der Waals surface area contributed by atoms with E-state index in [2.05, 4.69) is 10.1 Å². The molecular weight excluding hydrogens is 253 g/mol. The van der Waals surface area contributed by atoms with Crippen LogP contribution >= 0.6 is 11.6 Å². The van der Waals surface area contributed by atoms with E-state index in [0.29, 0.717) is 0 Å². The molecule has 1 aromatic rings. The van der Waals surface area contributed by atoms with E-state index in [0.717, 1.165) is 6.07 Å². The number of amides is 1. The summed E-state index contributed by atoms with van der Waals surface area (Å²) in [5.74, 6) is -2.51. The molecule has 0 saturated carbocycles. The first-order valence-corrected chi connectivity index (χ1v) is 4.91. The van der Waals surface area contributed by atoms with Crippen molar-refractivity contribution in [2.75, 3.05) is 18.5 Å². The van der Waals surface area contributed by atoms with Gasteiger partial charge in [0, 0.05) is 5.02 Å². The molecule has 0 fully saturated rings. The Bertz CT molecular complexity index is 438. The number of aliphatic carboxylic acids is 1. The van der Waals surface area contributed by atoms with Crippen LogP contribution in [0.3, 0.4) is 0 Å². The highest BCUT2D eigenvalue weighted by atomic mass is 35.5. The van der Waals surface area contributed by atoms with E-state index >= 15 is 0 Å². The van der Waals surface area contributed by atoms with E-state index in [1.807, 2.05) is 0 Å². The van der Waals surface area contributed by atoms with Crippen molar-refractivity contribution in [2.24, 2.45) is 0 Å². The van der Waals surface area contributed by atoms with Gasteiger partial charge in [0.15, 0.2) is 0 Å². The van der Waals surface area contributed by atoms with Crippen LogP contribution in [0.15, 0.2) is 18.2 Å². The van der Waals surface area contributed by atoms with E-state index in [1.165, 1.54) is 12.1 Å². The second-order valence-electron chi connectivity index (χ2n) is 3.06. The molecule has 2 N–H and O–H groups in total. The fourth-order valence-electron chi connectivity index (χ4n) is 1.01. The number of carbonyl (C=O) groups is 2. The summed E-state index contributed by atoms with van der Waals surface area (Å²) in [6, 6.07) is 3.76. The molecule has 0 unspecified atom stereocenters. The van der Waals surface area contributed by atoms with Gasteiger partial charge in [0.1, 0.15) is 19.0 Å². The highest BCUT2D eigenvalue weighted by Crippen LogP contribution is 2.18. The quantitative estimate of drug-likeness (QED) is 0.843. The Kier molecular flexibility index (Phi) is 4.86. The van der Waals surface area contributed by atoms with Crippen molar-refractivity contribution in [1.29, 1.82) is 0 Å². The maximum absolute atomic E-state index is 13.2. The standard InChI is InChI=1S/C10H9ClFNO4/c11-6-1-2-8(7(12)3-6)13-9(14)4-17-5-10(15)16/h1-3H,4-5H2,(H,13,14)(H,15,16). The lowest BCUT2D eigenvalue weighted by atomic mass is 10.3. The zero-order valence-corrected chi connectivity index (χ0v) is 9.33. The number of carbonyl (C=O) groups excluding carboxylic acids is 1. The lowest BCUT2D eigenvalue weighted by Crippen LogP contribution is -2.21. The normalized spacial score (nSPS) is 10.0. The van der Waals surface area contributed by atoms with Crippen molar-refractivity contribution in [3.05, 3.63) is 29.0 Å². The first kappa shape index (κ1) is 13.4. The minimum absolute atomic E-state index is 0.0432. The highest BCUT2D eigenvalue weighted by Gasteiger charge is 2.08. The van der Waals surface area contributed by atoms with Crippen LogP contribution in [0, 0.1) is 5.82 Å². The summed E-state index contributed by atoms with van der Waals surface area (Å²) in [5.41, 5.74) is -0.0432. The van der Waals surface area contributed by atoms with Crippen LogP contribution in [0.4, 0.5) is 10.1 Å². The van der Waals surface area contributed by atoms with Crippen LogP contribution in [-0.4, -0.2) is 30.2 Å². The number of hydrogen-bond donors (Lipinski definition) is 2. The maximum Gasteiger partial charge on any atom is 0.329 e. The average molecular weight is 262 g/mol. The van der Waals surface area contributed by atoms with Crippen LogP contribution in [0.2, 0.25) is 5.02 Å². The Labute approximate surface area is 101 Å². The van der Waals surface area contributed by atoms with Crippen LogP contribution in [0.5, 0.6) is 0 Å². The van der Waals surface area contributed by atoms with Crippen LogP contribution in [0.25, 0.3) is 0 Å². The van der Waals surface area contributed by atoms with Gasteiger partial charge in [-0.1, -0.05) is 11.6 Å². The number of rotatable bonds is 5. The molecule has 0 aliphatic heterocycles. The molecular formula is C10H9ClFNO4. The molecule has 5 nitrogen and oxygen atoms in total. The molecule has 1 aromatic carbocycles. The van der Waals surface area contributed by atoms with Gasteiger partial charge in [-0.25, -0.2) is 9.18 Å². The molecule has 0 radical (unpaired) electrons. The van der Waals surface area contributed by atoms with Gasteiger partial charge in [0.05, 0.1) is 5.69 Å². The first-order chi connectivity index (χ1) is 7.99. The first-order valence-electron chi connectivity index (χ1n) is 4.53. The average Bonchev–Trinajstić information content (AvgIpc) is 2.21. The van der Waals surface area contributed by atoms with Crippen molar-refractivity contribution < 1.29 is 23.8 Å². The molecule has 1 amide bonds. The SMILES string of the molecule is O=C(O)COCC(=O)Nc1ccc(Cl)cc1F. The molecule has 0 spiro atoms. The fourth-order valence-corrected chi connectivity index (χ4v) is 1.17. The molecule has 0 aliphatic carbocycles. The number of ether oxygens (including phenoxy) is 1. The van der Waals surface area contributed by atoms with E-state index in [-0.39, 0.29) is 10.7 Å². The number of nitrogens with one attached hydrogen (secondary N) is 1. The molecule has 0 bridgehead atoms. The summed E-state index contributed by atoms with van der Waals surface area (Å²) >= 11 is 5.53. The van der Waals surface area contributed by atoms with Crippen molar-refractivity contribution >= 4 is 29.2 Å². The number of halogens is 2. The molecule has 0 aromatic heterocycles. The summed E-state index contributed by atoms with van der Waals surface area (Å²) in [6.07, 6.45) is 0. The number of carboxylic acid groups (broad SMARTS) is 1. The summed E-state index contributed by atoms with van der Waals surface area (Å²) in [6.45, 7) is -1.05. The van der Waals surface area contributed by atoms with Crippen LogP contribution in [0.1, 0.15) is 0 Å². The van der Waals surface area contributed by atoms with Crippen LogP contribution in [-0.2, 0) is 14.3 Å². The van der Waals surface area contributed by atoms with E-state index < -0.39 is 30.9 Å². The molecule has 1 rings (SSSR count). The second-order valence-corrected chi connectivity index (χ2v) is 3.50. The van der Waals surface area contributed by atoms with Gasteiger partial charge in [-0.2, -0.15) is 0 Å². The zero-order valence-electron chi connectivity index (χ0n) is 8.57. The van der Waals surface area contributed by atoms with Crippen LogP contribution < -0.4 is 5.32 Å². The lowest BCUT2D eigenvalue weighted by molar-refractivity contribution is -0.143. The minimum Gasteiger partial charge on any atom is -0.480 e. The number of carboxylic acids is 1. The van der Waals surface area contributed by atoms with E-state index in [9.17, 15) is 14.0 Å². The van der Waals surface area contributed by atoms with Crippen molar-refractivity contribution in [1.82, 2.24) is 0 Å². The molecule has 0 saturated heterocycles. The van der Waals surface area contributed by atoms with Gasteiger partial charge in [0.25, 0.3) is 0 Å². The van der Waals surface area contributed by atoms with E-state index in [1.54, 1.807) is 0 Å².